The maximum absolute atomic E-state index is 13.2. The molecule has 4 aromatic carbocycles. The van der Waals surface area contributed by atoms with Crippen molar-refractivity contribution in [3.63, 3.8) is 0 Å². The largest absolute Gasteiger partial charge is 0.494 e. The zero-order chi connectivity index (χ0) is 45.9. The molecule has 0 radical (unpaired) electrons. The SMILES string of the molecule is C=C(C)C(=O)OCCCCCCOc1ccc(OC(=O)C2CCC(COc3ccc(C4CCC(OCCOCCOC)CC4)cc3/C=N/NC3c4ccccc4-c4ccccc43)CC2)cc1. The third-order valence-corrected chi connectivity index (χ3v) is 13.0. The molecule has 3 aliphatic carbocycles. The van der Waals surface area contributed by atoms with Crippen LogP contribution >= 0.6 is 0 Å². The van der Waals surface area contributed by atoms with Crippen LogP contribution in [0.25, 0.3) is 11.1 Å². The average molecular weight is 901 g/mol. The summed E-state index contributed by atoms with van der Waals surface area (Å²) in [6, 6.07) is 30.9. The zero-order valence-corrected chi connectivity index (χ0v) is 38.9. The predicted molar refractivity (Wildman–Crippen MR) is 257 cm³/mol. The van der Waals surface area contributed by atoms with Crippen molar-refractivity contribution < 1.29 is 42.7 Å². The van der Waals surface area contributed by atoms with E-state index in [1.54, 1.807) is 26.2 Å². The van der Waals surface area contributed by atoms with E-state index in [0.717, 1.165) is 94.1 Å². The highest BCUT2D eigenvalue weighted by atomic mass is 16.5. The average Bonchev–Trinajstić information content (AvgIpc) is 3.66. The summed E-state index contributed by atoms with van der Waals surface area (Å²) in [5.74, 6) is 2.18. The number of methoxy groups -OCH3 is 1. The van der Waals surface area contributed by atoms with E-state index >= 15 is 0 Å². The van der Waals surface area contributed by atoms with Crippen molar-refractivity contribution >= 4 is 18.2 Å². The third kappa shape index (κ3) is 14.0. The van der Waals surface area contributed by atoms with E-state index in [0.29, 0.717) is 69.4 Å². The number of fused-ring (bicyclic) bond motifs is 3. The van der Waals surface area contributed by atoms with Crippen LogP contribution in [0.5, 0.6) is 17.2 Å². The van der Waals surface area contributed by atoms with Gasteiger partial charge in [-0.2, -0.15) is 5.10 Å². The van der Waals surface area contributed by atoms with Crippen molar-refractivity contribution in [2.24, 2.45) is 16.9 Å². The van der Waals surface area contributed by atoms with Crippen molar-refractivity contribution in [3.8, 4) is 28.4 Å². The highest BCUT2D eigenvalue weighted by molar-refractivity contribution is 5.87. The minimum absolute atomic E-state index is 0.0390. The fraction of sp³-hybridized carbons (Fsp3) is 0.473. The number of nitrogens with one attached hydrogen (secondary N) is 1. The van der Waals surface area contributed by atoms with Crippen molar-refractivity contribution in [1.29, 1.82) is 0 Å². The maximum Gasteiger partial charge on any atom is 0.333 e. The number of rotatable bonds is 25. The van der Waals surface area contributed by atoms with Gasteiger partial charge in [-0.3, -0.25) is 10.2 Å². The van der Waals surface area contributed by atoms with Crippen LogP contribution in [0.3, 0.4) is 0 Å². The molecule has 2 saturated carbocycles. The molecule has 0 heterocycles. The monoisotopic (exact) mass is 900 g/mol. The number of hydrogen-bond donors (Lipinski definition) is 1. The van der Waals surface area contributed by atoms with Gasteiger partial charge in [0, 0.05) is 18.2 Å². The predicted octanol–water partition coefficient (Wildman–Crippen LogP) is 10.9. The summed E-state index contributed by atoms with van der Waals surface area (Å²) in [7, 11) is 1.68. The minimum atomic E-state index is -0.337. The van der Waals surface area contributed by atoms with Gasteiger partial charge in [0.2, 0.25) is 0 Å². The van der Waals surface area contributed by atoms with Crippen molar-refractivity contribution in [1.82, 2.24) is 5.43 Å². The summed E-state index contributed by atoms with van der Waals surface area (Å²) >= 11 is 0. The van der Waals surface area contributed by atoms with E-state index in [4.69, 9.17) is 38.3 Å². The Kier molecular flexibility index (Phi) is 18.7. The molecule has 0 amide bonds. The van der Waals surface area contributed by atoms with Gasteiger partial charge in [0.05, 0.1) is 70.5 Å². The number of unbranched alkanes of at least 4 members (excludes halogenated alkanes) is 3. The molecule has 0 saturated heterocycles. The molecule has 11 nitrogen and oxygen atoms in total. The molecule has 352 valence electrons. The zero-order valence-electron chi connectivity index (χ0n) is 38.9. The molecule has 0 unspecified atom stereocenters. The second kappa shape index (κ2) is 25.4. The minimum Gasteiger partial charge on any atom is -0.494 e. The molecule has 1 N–H and O–H groups in total. The fourth-order valence-corrected chi connectivity index (χ4v) is 9.22. The molecule has 0 aliphatic heterocycles. The standard InChI is InChI=1S/C55H68N2O9/c1-39(2)54(58)64-31-11-5-4-10-30-62-46-25-27-47(28-26-46)66-55(59)42-18-16-40(17-19-42)38-65-52-29-22-43(41-20-23-45(24-21-41)63-35-34-61-33-32-60-3)36-44(52)37-56-57-53-50-14-8-6-12-48(50)49-13-7-9-15-51(49)53/h6-9,12-15,22,25-29,36-37,40-42,45,53,57H,1,4-5,10-11,16-21,23-24,30-35,38H2,2-3H3/b56-37+. The quantitative estimate of drug-likeness (QED) is 0.0172. The molecule has 11 heteroatoms. The summed E-state index contributed by atoms with van der Waals surface area (Å²) in [5.41, 5.74) is 11.1. The molecule has 0 bridgehead atoms. The summed E-state index contributed by atoms with van der Waals surface area (Å²) in [5, 5.41) is 4.87. The highest BCUT2D eigenvalue weighted by Gasteiger charge is 2.30. The molecular formula is C55H68N2O9. The Morgan fingerprint density at radius 1 is 0.712 bits per heavy atom. The van der Waals surface area contributed by atoms with Crippen molar-refractivity contribution in [2.45, 2.75) is 102 Å². The summed E-state index contributed by atoms with van der Waals surface area (Å²) in [6.45, 7) is 9.19. The lowest BCUT2D eigenvalue weighted by atomic mass is 9.82. The third-order valence-electron chi connectivity index (χ3n) is 13.0. The van der Waals surface area contributed by atoms with Crippen LogP contribution in [0.4, 0.5) is 0 Å². The summed E-state index contributed by atoms with van der Waals surface area (Å²) in [4.78, 5) is 24.7. The lowest BCUT2D eigenvalue weighted by Crippen LogP contribution is -2.27. The molecule has 0 spiro atoms. The Balaban J connectivity index is 0.885. The van der Waals surface area contributed by atoms with Crippen LogP contribution in [0.2, 0.25) is 0 Å². The molecular weight excluding hydrogens is 833 g/mol. The van der Waals surface area contributed by atoms with Gasteiger partial charge < -0.3 is 33.2 Å². The van der Waals surface area contributed by atoms with E-state index in [9.17, 15) is 9.59 Å². The number of carbonyl (C=O) groups is 2. The lowest BCUT2D eigenvalue weighted by molar-refractivity contribution is -0.140. The van der Waals surface area contributed by atoms with Gasteiger partial charge in [0.15, 0.2) is 0 Å². The van der Waals surface area contributed by atoms with Gasteiger partial charge in [-0.05, 0) is 160 Å². The van der Waals surface area contributed by atoms with E-state index in [1.165, 1.54) is 27.8 Å². The van der Waals surface area contributed by atoms with Crippen LogP contribution in [0.1, 0.15) is 118 Å². The van der Waals surface area contributed by atoms with E-state index in [2.05, 4.69) is 78.7 Å². The molecule has 2 fully saturated rings. The van der Waals surface area contributed by atoms with E-state index in [1.807, 2.05) is 18.3 Å². The fourth-order valence-electron chi connectivity index (χ4n) is 9.22. The van der Waals surface area contributed by atoms with Gasteiger partial charge in [0.25, 0.3) is 0 Å². The highest BCUT2D eigenvalue weighted by Crippen LogP contribution is 2.43. The number of esters is 2. The Hall–Kier alpha value is -5.49. The number of ether oxygens (including phenoxy) is 7. The Morgan fingerprint density at radius 2 is 1.38 bits per heavy atom. The number of benzene rings is 4. The number of nitrogens with zero attached hydrogens (tertiary/aromatic N) is 1. The van der Waals surface area contributed by atoms with Crippen molar-refractivity contribution in [3.05, 3.63) is 125 Å². The van der Waals surface area contributed by atoms with Gasteiger partial charge >= 0.3 is 11.9 Å². The normalized spacial score (nSPS) is 19.2. The molecule has 0 atom stereocenters. The first-order valence-electron chi connectivity index (χ1n) is 24.0. The first-order valence-corrected chi connectivity index (χ1v) is 24.0. The summed E-state index contributed by atoms with van der Waals surface area (Å²) < 4.78 is 40.3. The Labute approximate surface area is 391 Å². The van der Waals surface area contributed by atoms with E-state index < -0.39 is 0 Å². The molecule has 3 aliphatic rings. The van der Waals surface area contributed by atoms with Gasteiger partial charge in [-0.25, -0.2) is 4.79 Å². The Bertz CT molecular complexity index is 2150. The molecule has 4 aromatic rings. The Morgan fingerprint density at radius 3 is 2.08 bits per heavy atom. The number of carbonyl (C=O) groups excluding carboxylic acids is 2. The number of hydrogen-bond acceptors (Lipinski definition) is 11. The number of hydrazone groups is 1. The topological polar surface area (TPSA) is 123 Å². The van der Waals surface area contributed by atoms with Gasteiger partial charge in [-0.1, -0.05) is 61.2 Å². The van der Waals surface area contributed by atoms with Crippen LogP contribution in [0.15, 0.2) is 108 Å². The van der Waals surface area contributed by atoms with Gasteiger partial charge in [-0.15, -0.1) is 0 Å². The van der Waals surface area contributed by atoms with Crippen LogP contribution < -0.4 is 19.6 Å². The summed E-state index contributed by atoms with van der Waals surface area (Å²) in [6.07, 6.45) is 13.3. The second-order valence-electron chi connectivity index (χ2n) is 17.8. The molecule has 66 heavy (non-hydrogen) atoms. The van der Waals surface area contributed by atoms with E-state index in [-0.39, 0.29) is 30.0 Å². The second-order valence-corrected chi connectivity index (χ2v) is 17.8. The smallest absolute Gasteiger partial charge is 0.333 e. The first kappa shape index (κ1) is 48.4. The molecule has 0 aromatic heterocycles. The lowest BCUT2D eigenvalue weighted by Gasteiger charge is -2.29. The van der Waals surface area contributed by atoms with Crippen LogP contribution in [-0.2, 0) is 28.5 Å². The maximum atomic E-state index is 13.2. The van der Waals surface area contributed by atoms with Crippen molar-refractivity contribution in [2.75, 3.05) is 53.4 Å². The van der Waals surface area contributed by atoms with Crippen LogP contribution in [0, 0.1) is 11.8 Å². The van der Waals surface area contributed by atoms with Gasteiger partial charge in [0.1, 0.15) is 17.2 Å². The first-order chi connectivity index (χ1) is 32.4. The van der Waals surface area contributed by atoms with Crippen LogP contribution in [-0.4, -0.2) is 77.6 Å². The molecule has 7 rings (SSSR count).